The zero-order valence-electron chi connectivity index (χ0n) is 11.3. The Hall–Kier alpha value is -1.96. The molecule has 0 spiro atoms. The molecule has 0 aliphatic carbocycles. The first-order valence-electron chi connectivity index (χ1n) is 6.62. The van der Waals surface area contributed by atoms with Crippen molar-refractivity contribution in [2.75, 3.05) is 29.0 Å². The van der Waals surface area contributed by atoms with Crippen LogP contribution in [0, 0.1) is 6.92 Å². The molecular weight excluding hydrogens is 274 g/mol. The van der Waals surface area contributed by atoms with Gasteiger partial charge in [-0.25, -0.2) is 4.98 Å². The second-order valence-corrected chi connectivity index (χ2v) is 5.67. The molecular formula is C12H17N7S. The van der Waals surface area contributed by atoms with Gasteiger partial charge in [0.25, 0.3) is 0 Å². The quantitative estimate of drug-likeness (QED) is 0.880. The van der Waals surface area contributed by atoms with E-state index in [0.717, 1.165) is 18.8 Å². The Bertz CT molecular complexity index is 591. The van der Waals surface area contributed by atoms with Gasteiger partial charge in [0.2, 0.25) is 17.8 Å². The molecule has 0 unspecified atom stereocenters. The molecule has 0 bridgehead atoms. The van der Waals surface area contributed by atoms with Gasteiger partial charge in [0.15, 0.2) is 0 Å². The number of nitrogen functional groups attached to an aromatic ring is 1. The zero-order chi connectivity index (χ0) is 13.9. The molecule has 0 atom stereocenters. The second kappa shape index (κ2) is 5.58. The van der Waals surface area contributed by atoms with Crippen LogP contribution in [0.2, 0.25) is 0 Å². The minimum atomic E-state index is 0.255. The van der Waals surface area contributed by atoms with Crippen LogP contribution in [-0.4, -0.2) is 33.0 Å². The minimum Gasteiger partial charge on any atom is -0.368 e. The number of aryl methyl sites for hydroxylation is 1. The smallest absolute Gasteiger partial charge is 0.231 e. The van der Waals surface area contributed by atoms with Crippen LogP contribution < -0.4 is 16.0 Å². The van der Waals surface area contributed by atoms with E-state index in [4.69, 9.17) is 5.73 Å². The summed E-state index contributed by atoms with van der Waals surface area (Å²) in [5, 5.41) is 3.19. The van der Waals surface area contributed by atoms with Gasteiger partial charge >= 0.3 is 0 Å². The number of rotatable bonds is 4. The highest BCUT2D eigenvalue weighted by Gasteiger charge is 2.16. The standard InChI is InChI=1S/C12H17N7S/c1-8-9(20-7-15-8)6-14-11-16-10(13)17-12(18-11)19-4-2-3-5-19/h7H,2-6H2,1H3,(H3,13,14,16,17,18). The molecule has 3 heterocycles. The van der Waals surface area contributed by atoms with Crippen molar-refractivity contribution in [3.63, 3.8) is 0 Å². The van der Waals surface area contributed by atoms with Crippen LogP contribution in [0.15, 0.2) is 5.51 Å². The fraction of sp³-hybridized carbons (Fsp3) is 0.500. The van der Waals surface area contributed by atoms with Crippen LogP contribution in [0.4, 0.5) is 17.8 Å². The van der Waals surface area contributed by atoms with Gasteiger partial charge in [0.05, 0.1) is 17.7 Å². The van der Waals surface area contributed by atoms with Crippen LogP contribution in [0.1, 0.15) is 23.4 Å². The van der Waals surface area contributed by atoms with Gasteiger partial charge < -0.3 is 16.0 Å². The topological polar surface area (TPSA) is 92.8 Å². The molecule has 1 saturated heterocycles. The predicted octanol–water partition coefficient (Wildman–Crippen LogP) is 1.43. The molecule has 8 heteroatoms. The van der Waals surface area contributed by atoms with E-state index in [1.165, 1.54) is 17.7 Å². The van der Waals surface area contributed by atoms with Crippen LogP contribution in [0.25, 0.3) is 0 Å². The third-order valence-electron chi connectivity index (χ3n) is 3.28. The van der Waals surface area contributed by atoms with Gasteiger partial charge in [0.1, 0.15) is 0 Å². The highest BCUT2D eigenvalue weighted by molar-refractivity contribution is 7.09. The number of nitrogens with one attached hydrogen (secondary N) is 1. The Morgan fingerprint density at radius 1 is 1.30 bits per heavy atom. The van der Waals surface area contributed by atoms with Crippen LogP contribution in [-0.2, 0) is 6.54 Å². The molecule has 0 aromatic carbocycles. The Morgan fingerprint density at radius 2 is 2.10 bits per heavy atom. The third-order valence-corrected chi connectivity index (χ3v) is 4.22. The minimum absolute atomic E-state index is 0.255. The molecule has 7 nitrogen and oxygen atoms in total. The highest BCUT2D eigenvalue weighted by atomic mass is 32.1. The van der Waals surface area contributed by atoms with Gasteiger partial charge in [-0.3, -0.25) is 0 Å². The lowest BCUT2D eigenvalue weighted by Gasteiger charge is -2.15. The van der Waals surface area contributed by atoms with E-state index < -0.39 is 0 Å². The lowest BCUT2D eigenvalue weighted by Crippen LogP contribution is -2.22. The molecule has 0 amide bonds. The summed E-state index contributed by atoms with van der Waals surface area (Å²) in [4.78, 5) is 20.3. The Balaban J connectivity index is 1.74. The SMILES string of the molecule is Cc1ncsc1CNc1nc(N)nc(N2CCCC2)n1. The van der Waals surface area contributed by atoms with Crippen LogP contribution in [0.3, 0.4) is 0 Å². The van der Waals surface area contributed by atoms with Gasteiger partial charge in [0, 0.05) is 18.0 Å². The number of nitrogens with two attached hydrogens (primary N) is 1. The van der Waals surface area contributed by atoms with E-state index in [2.05, 4.69) is 30.2 Å². The van der Waals surface area contributed by atoms with Crippen molar-refractivity contribution in [3.8, 4) is 0 Å². The molecule has 2 aromatic heterocycles. The van der Waals surface area contributed by atoms with Gasteiger partial charge in [-0.2, -0.15) is 15.0 Å². The van der Waals surface area contributed by atoms with Crippen molar-refractivity contribution in [1.29, 1.82) is 0 Å². The van der Waals surface area contributed by atoms with E-state index in [-0.39, 0.29) is 5.95 Å². The summed E-state index contributed by atoms with van der Waals surface area (Å²) < 4.78 is 0. The van der Waals surface area contributed by atoms with Gasteiger partial charge in [-0.1, -0.05) is 0 Å². The molecule has 1 aliphatic rings. The van der Waals surface area contributed by atoms with E-state index in [9.17, 15) is 0 Å². The molecule has 20 heavy (non-hydrogen) atoms. The number of nitrogens with zero attached hydrogens (tertiary/aromatic N) is 5. The summed E-state index contributed by atoms with van der Waals surface area (Å²) in [6.07, 6.45) is 2.35. The van der Waals surface area contributed by atoms with Crippen LogP contribution >= 0.6 is 11.3 Å². The van der Waals surface area contributed by atoms with Crippen molar-refractivity contribution >= 4 is 29.2 Å². The van der Waals surface area contributed by atoms with E-state index >= 15 is 0 Å². The monoisotopic (exact) mass is 291 g/mol. The van der Waals surface area contributed by atoms with Crippen molar-refractivity contribution in [2.24, 2.45) is 0 Å². The maximum atomic E-state index is 5.77. The lowest BCUT2D eigenvalue weighted by molar-refractivity contribution is 0.881. The van der Waals surface area contributed by atoms with Crippen molar-refractivity contribution in [2.45, 2.75) is 26.3 Å². The van der Waals surface area contributed by atoms with Crippen molar-refractivity contribution < 1.29 is 0 Å². The summed E-state index contributed by atoms with van der Waals surface area (Å²) in [5.74, 6) is 1.44. The van der Waals surface area contributed by atoms with Gasteiger partial charge in [-0.15, -0.1) is 11.3 Å². The number of hydrogen-bond acceptors (Lipinski definition) is 8. The number of thiazole rings is 1. The largest absolute Gasteiger partial charge is 0.368 e. The highest BCUT2D eigenvalue weighted by Crippen LogP contribution is 2.18. The first-order valence-corrected chi connectivity index (χ1v) is 7.49. The lowest BCUT2D eigenvalue weighted by atomic mass is 10.4. The molecule has 3 rings (SSSR count). The molecule has 106 valence electrons. The Kier molecular flexibility index (Phi) is 3.64. The summed E-state index contributed by atoms with van der Waals surface area (Å²) in [6.45, 7) is 4.61. The number of aromatic nitrogens is 4. The summed E-state index contributed by atoms with van der Waals surface area (Å²) >= 11 is 1.62. The average molecular weight is 291 g/mol. The van der Waals surface area contributed by atoms with Crippen molar-refractivity contribution in [3.05, 3.63) is 16.1 Å². The van der Waals surface area contributed by atoms with Gasteiger partial charge in [-0.05, 0) is 19.8 Å². The van der Waals surface area contributed by atoms with Crippen LogP contribution in [0.5, 0.6) is 0 Å². The Labute approximate surface area is 121 Å². The molecule has 1 fully saturated rings. The summed E-state index contributed by atoms with van der Waals surface area (Å²) in [6, 6.07) is 0. The molecule has 1 aliphatic heterocycles. The maximum Gasteiger partial charge on any atom is 0.231 e. The fourth-order valence-electron chi connectivity index (χ4n) is 2.17. The molecule has 2 aromatic rings. The first kappa shape index (κ1) is 13.0. The normalized spacial score (nSPS) is 14.8. The second-order valence-electron chi connectivity index (χ2n) is 4.73. The third kappa shape index (κ3) is 2.79. The van der Waals surface area contributed by atoms with E-state index in [1.54, 1.807) is 11.3 Å². The zero-order valence-corrected chi connectivity index (χ0v) is 12.2. The van der Waals surface area contributed by atoms with E-state index in [0.29, 0.717) is 18.4 Å². The summed E-state index contributed by atoms with van der Waals surface area (Å²) in [5.41, 5.74) is 8.64. The number of anilines is 3. The molecule has 0 radical (unpaired) electrons. The first-order chi connectivity index (χ1) is 9.72. The number of hydrogen-bond donors (Lipinski definition) is 2. The maximum absolute atomic E-state index is 5.77. The average Bonchev–Trinajstić information content (AvgIpc) is 3.07. The van der Waals surface area contributed by atoms with Crippen molar-refractivity contribution in [1.82, 2.24) is 19.9 Å². The molecule has 3 N–H and O–H groups in total. The predicted molar refractivity (Wildman–Crippen MR) is 79.9 cm³/mol. The fourth-order valence-corrected chi connectivity index (χ4v) is 2.89. The molecule has 0 saturated carbocycles. The Morgan fingerprint density at radius 3 is 2.80 bits per heavy atom. The summed E-state index contributed by atoms with van der Waals surface area (Å²) in [7, 11) is 0. The van der Waals surface area contributed by atoms with E-state index in [1.807, 2.05) is 12.4 Å².